The van der Waals surface area contributed by atoms with Crippen molar-refractivity contribution in [2.24, 2.45) is 7.05 Å². The zero-order chi connectivity index (χ0) is 14.9. The standard InChI is InChI=1S/C14H13IN2O3/c1-8-5-9(15)3-4-11(8)16-12-6-13(18)17(2)7-10(12)14(19)20/h3-7,16H,1-2H3,(H,19,20). The number of halogens is 1. The van der Waals surface area contributed by atoms with E-state index in [2.05, 4.69) is 27.9 Å². The third-order valence-electron chi connectivity index (χ3n) is 2.92. The van der Waals surface area contributed by atoms with Gasteiger partial charge < -0.3 is 15.0 Å². The maximum Gasteiger partial charge on any atom is 0.339 e. The third-order valence-corrected chi connectivity index (χ3v) is 3.59. The summed E-state index contributed by atoms with van der Waals surface area (Å²) in [6.07, 6.45) is 1.31. The van der Waals surface area contributed by atoms with Crippen molar-refractivity contribution in [1.82, 2.24) is 4.57 Å². The van der Waals surface area contributed by atoms with Gasteiger partial charge in [-0.2, -0.15) is 0 Å². The predicted octanol–water partition coefficient (Wildman–Crippen LogP) is 2.74. The number of anilines is 2. The van der Waals surface area contributed by atoms with Gasteiger partial charge >= 0.3 is 5.97 Å². The van der Waals surface area contributed by atoms with Crippen LogP contribution in [0.5, 0.6) is 0 Å². The predicted molar refractivity (Wildman–Crippen MR) is 85.8 cm³/mol. The molecule has 1 aromatic heterocycles. The van der Waals surface area contributed by atoms with Crippen molar-refractivity contribution in [3.05, 3.63) is 55.5 Å². The van der Waals surface area contributed by atoms with Crippen LogP contribution in [0.2, 0.25) is 0 Å². The van der Waals surface area contributed by atoms with Crippen LogP contribution >= 0.6 is 22.6 Å². The fourth-order valence-electron chi connectivity index (χ4n) is 1.82. The monoisotopic (exact) mass is 384 g/mol. The molecule has 1 aromatic carbocycles. The Bertz CT molecular complexity index is 738. The number of carbonyl (C=O) groups is 1. The number of rotatable bonds is 3. The van der Waals surface area contributed by atoms with Gasteiger partial charge in [0.05, 0.1) is 11.3 Å². The Morgan fingerprint density at radius 1 is 1.30 bits per heavy atom. The fourth-order valence-corrected chi connectivity index (χ4v) is 2.46. The summed E-state index contributed by atoms with van der Waals surface area (Å²) in [6, 6.07) is 7.04. The van der Waals surface area contributed by atoms with E-state index >= 15 is 0 Å². The van der Waals surface area contributed by atoms with Crippen LogP contribution in [-0.4, -0.2) is 15.6 Å². The molecule has 0 saturated carbocycles. The normalized spacial score (nSPS) is 10.3. The van der Waals surface area contributed by atoms with E-state index in [9.17, 15) is 14.7 Å². The summed E-state index contributed by atoms with van der Waals surface area (Å²) in [5, 5.41) is 12.2. The second kappa shape index (κ2) is 5.66. The molecule has 0 spiro atoms. The van der Waals surface area contributed by atoms with Gasteiger partial charge in [-0.15, -0.1) is 0 Å². The molecule has 0 atom stereocenters. The number of carboxylic acid groups (broad SMARTS) is 1. The number of aryl methyl sites for hydroxylation is 2. The number of pyridine rings is 1. The molecule has 0 radical (unpaired) electrons. The van der Waals surface area contributed by atoms with Crippen LogP contribution < -0.4 is 10.9 Å². The lowest BCUT2D eigenvalue weighted by atomic mass is 10.1. The van der Waals surface area contributed by atoms with Gasteiger partial charge in [-0.1, -0.05) is 0 Å². The van der Waals surface area contributed by atoms with Crippen LogP contribution in [0.25, 0.3) is 0 Å². The van der Waals surface area contributed by atoms with Crippen molar-refractivity contribution in [3.63, 3.8) is 0 Å². The van der Waals surface area contributed by atoms with Crippen LogP contribution in [-0.2, 0) is 7.05 Å². The van der Waals surface area contributed by atoms with Crippen molar-refractivity contribution >= 4 is 39.9 Å². The average molecular weight is 384 g/mol. The first kappa shape index (κ1) is 14.6. The molecular weight excluding hydrogens is 371 g/mol. The first-order valence-electron chi connectivity index (χ1n) is 5.85. The molecule has 6 heteroatoms. The Morgan fingerprint density at radius 3 is 2.60 bits per heavy atom. The topological polar surface area (TPSA) is 71.3 Å². The molecule has 0 saturated heterocycles. The number of aromatic nitrogens is 1. The molecule has 2 aromatic rings. The first-order chi connectivity index (χ1) is 9.38. The van der Waals surface area contributed by atoms with E-state index in [1.165, 1.54) is 23.9 Å². The van der Waals surface area contributed by atoms with Crippen molar-refractivity contribution in [1.29, 1.82) is 0 Å². The number of benzene rings is 1. The van der Waals surface area contributed by atoms with Gasteiger partial charge in [0.25, 0.3) is 5.56 Å². The molecule has 1 heterocycles. The van der Waals surface area contributed by atoms with E-state index in [1.54, 1.807) is 0 Å². The van der Waals surface area contributed by atoms with Crippen LogP contribution in [0.4, 0.5) is 11.4 Å². The van der Waals surface area contributed by atoms with E-state index < -0.39 is 5.97 Å². The molecule has 0 fully saturated rings. The highest BCUT2D eigenvalue weighted by molar-refractivity contribution is 14.1. The minimum atomic E-state index is -1.08. The van der Waals surface area contributed by atoms with Gasteiger partial charge in [-0.3, -0.25) is 4.79 Å². The minimum Gasteiger partial charge on any atom is -0.478 e. The van der Waals surface area contributed by atoms with E-state index in [0.717, 1.165) is 14.8 Å². The Kier molecular flexibility index (Phi) is 4.12. The molecule has 0 aliphatic carbocycles. The summed E-state index contributed by atoms with van der Waals surface area (Å²) in [7, 11) is 1.52. The number of hydrogen-bond acceptors (Lipinski definition) is 3. The average Bonchev–Trinajstić information content (AvgIpc) is 2.36. The molecule has 0 unspecified atom stereocenters. The van der Waals surface area contributed by atoms with E-state index in [1.807, 2.05) is 25.1 Å². The zero-order valence-corrected chi connectivity index (χ0v) is 13.1. The summed E-state index contributed by atoms with van der Waals surface area (Å²) in [5.74, 6) is -1.08. The lowest BCUT2D eigenvalue weighted by molar-refractivity contribution is 0.0697. The molecule has 0 aliphatic heterocycles. The highest BCUT2D eigenvalue weighted by Gasteiger charge is 2.13. The summed E-state index contributed by atoms with van der Waals surface area (Å²) >= 11 is 2.20. The summed E-state index contributed by atoms with van der Waals surface area (Å²) < 4.78 is 2.34. The Morgan fingerprint density at radius 2 is 2.00 bits per heavy atom. The number of aromatic carboxylic acids is 1. The van der Waals surface area contributed by atoms with Gasteiger partial charge in [-0.25, -0.2) is 4.79 Å². The lowest BCUT2D eigenvalue weighted by Crippen LogP contribution is -2.19. The molecule has 2 N–H and O–H groups in total. The molecular formula is C14H13IN2O3. The Labute approximate surface area is 129 Å². The van der Waals surface area contributed by atoms with Gasteiger partial charge in [-0.05, 0) is 53.3 Å². The van der Waals surface area contributed by atoms with Crippen LogP contribution in [0, 0.1) is 10.5 Å². The molecule has 20 heavy (non-hydrogen) atoms. The Balaban J connectivity index is 2.50. The third kappa shape index (κ3) is 3.01. The largest absolute Gasteiger partial charge is 0.478 e. The van der Waals surface area contributed by atoms with Gasteiger partial charge in [0, 0.05) is 28.6 Å². The number of carboxylic acids is 1. The van der Waals surface area contributed by atoms with Gasteiger partial charge in [0.15, 0.2) is 0 Å². The second-order valence-electron chi connectivity index (χ2n) is 4.44. The highest BCUT2D eigenvalue weighted by Crippen LogP contribution is 2.23. The van der Waals surface area contributed by atoms with E-state index in [-0.39, 0.29) is 11.1 Å². The number of nitrogens with zero attached hydrogens (tertiary/aromatic N) is 1. The number of hydrogen-bond donors (Lipinski definition) is 2. The molecule has 2 rings (SSSR count). The smallest absolute Gasteiger partial charge is 0.339 e. The van der Waals surface area contributed by atoms with Crippen molar-refractivity contribution in [2.45, 2.75) is 6.92 Å². The van der Waals surface area contributed by atoms with Crippen LogP contribution in [0.3, 0.4) is 0 Å². The Hall–Kier alpha value is -1.83. The van der Waals surface area contributed by atoms with Crippen molar-refractivity contribution in [2.75, 3.05) is 5.32 Å². The second-order valence-corrected chi connectivity index (χ2v) is 5.68. The lowest BCUT2D eigenvalue weighted by Gasteiger charge is -2.13. The van der Waals surface area contributed by atoms with Gasteiger partial charge in [0.1, 0.15) is 0 Å². The van der Waals surface area contributed by atoms with Crippen molar-refractivity contribution < 1.29 is 9.90 Å². The summed E-state index contributed by atoms with van der Waals surface area (Å²) in [6.45, 7) is 1.92. The summed E-state index contributed by atoms with van der Waals surface area (Å²) in [5.41, 5.74) is 1.85. The minimum absolute atomic E-state index is 0.0602. The SMILES string of the molecule is Cc1cc(I)ccc1Nc1cc(=O)n(C)cc1C(=O)O. The molecule has 0 bridgehead atoms. The van der Waals surface area contributed by atoms with E-state index in [4.69, 9.17) is 0 Å². The number of nitrogens with one attached hydrogen (secondary N) is 1. The van der Waals surface area contributed by atoms with E-state index in [0.29, 0.717) is 5.69 Å². The fraction of sp³-hybridized carbons (Fsp3) is 0.143. The maximum atomic E-state index is 11.7. The molecule has 5 nitrogen and oxygen atoms in total. The molecule has 104 valence electrons. The van der Waals surface area contributed by atoms with Crippen LogP contribution in [0.1, 0.15) is 15.9 Å². The molecule has 0 aliphatic rings. The van der Waals surface area contributed by atoms with Gasteiger partial charge in [0.2, 0.25) is 0 Å². The maximum absolute atomic E-state index is 11.7. The highest BCUT2D eigenvalue weighted by atomic mass is 127. The van der Waals surface area contributed by atoms with Crippen LogP contribution in [0.15, 0.2) is 35.3 Å². The first-order valence-corrected chi connectivity index (χ1v) is 6.93. The molecule has 0 amide bonds. The van der Waals surface area contributed by atoms with Crippen molar-refractivity contribution in [3.8, 4) is 0 Å². The summed E-state index contributed by atoms with van der Waals surface area (Å²) in [4.78, 5) is 22.9. The quantitative estimate of drug-likeness (QED) is 0.799. The zero-order valence-electron chi connectivity index (χ0n) is 11.0.